The van der Waals surface area contributed by atoms with Crippen molar-refractivity contribution >= 4 is 5.78 Å². The SMILES string of the molecule is CC1CC(C)CC(OCC(=O)Cc2ccc(F)cc2)C1. The summed E-state index contributed by atoms with van der Waals surface area (Å²) in [6.45, 7) is 4.65. The first kappa shape index (κ1) is 15.2. The Kier molecular flexibility index (Phi) is 5.30. The van der Waals surface area contributed by atoms with Crippen LogP contribution in [0.2, 0.25) is 0 Å². The van der Waals surface area contributed by atoms with Gasteiger partial charge in [0.2, 0.25) is 0 Å². The lowest BCUT2D eigenvalue weighted by atomic mass is 9.82. The Hall–Kier alpha value is -1.22. The first-order valence-corrected chi connectivity index (χ1v) is 7.40. The molecule has 0 amide bonds. The number of hydrogen-bond donors (Lipinski definition) is 0. The lowest BCUT2D eigenvalue weighted by molar-refractivity contribution is -0.126. The molecule has 2 unspecified atom stereocenters. The second-order valence-electron chi connectivity index (χ2n) is 6.19. The fraction of sp³-hybridized carbons (Fsp3) is 0.588. The highest BCUT2D eigenvalue weighted by Crippen LogP contribution is 2.30. The van der Waals surface area contributed by atoms with Crippen molar-refractivity contribution in [1.82, 2.24) is 0 Å². The summed E-state index contributed by atoms with van der Waals surface area (Å²) in [5.74, 6) is 1.14. The summed E-state index contributed by atoms with van der Waals surface area (Å²) in [7, 11) is 0. The van der Waals surface area contributed by atoms with E-state index in [0.717, 1.165) is 18.4 Å². The fourth-order valence-electron chi connectivity index (χ4n) is 3.10. The van der Waals surface area contributed by atoms with E-state index >= 15 is 0 Å². The van der Waals surface area contributed by atoms with E-state index in [-0.39, 0.29) is 24.3 Å². The van der Waals surface area contributed by atoms with Crippen LogP contribution in [0.3, 0.4) is 0 Å². The summed E-state index contributed by atoms with van der Waals surface area (Å²) in [6, 6.07) is 6.07. The third kappa shape index (κ3) is 4.71. The third-order valence-corrected chi connectivity index (χ3v) is 3.93. The van der Waals surface area contributed by atoms with Crippen molar-refractivity contribution in [3.63, 3.8) is 0 Å². The maximum Gasteiger partial charge on any atom is 0.162 e. The average Bonchev–Trinajstić information content (AvgIpc) is 2.38. The van der Waals surface area contributed by atoms with Crippen LogP contribution >= 0.6 is 0 Å². The van der Waals surface area contributed by atoms with Crippen LogP contribution in [0.15, 0.2) is 24.3 Å². The van der Waals surface area contributed by atoms with Crippen LogP contribution in [0.1, 0.15) is 38.7 Å². The Balaban J connectivity index is 1.76. The second-order valence-corrected chi connectivity index (χ2v) is 6.19. The van der Waals surface area contributed by atoms with Crippen molar-refractivity contribution in [1.29, 1.82) is 0 Å². The van der Waals surface area contributed by atoms with Crippen LogP contribution < -0.4 is 0 Å². The molecule has 1 aromatic rings. The molecule has 0 saturated heterocycles. The van der Waals surface area contributed by atoms with Gasteiger partial charge in [0.05, 0.1) is 6.10 Å². The van der Waals surface area contributed by atoms with Gasteiger partial charge in [0.25, 0.3) is 0 Å². The van der Waals surface area contributed by atoms with E-state index in [1.54, 1.807) is 12.1 Å². The maximum absolute atomic E-state index is 12.8. The van der Waals surface area contributed by atoms with Gasteiger partial charge in [-0.05, 0) is 48.8 Å². The number of ether oxygens (including phenoxy) is 1. The molecule has 0 heterocycles. The van der Waals surface area contributed by atoms with Gasteiger partial charge in [-0.25, -0.2) is 4.39 Å². The molecular formula is C17H23FO2. The van der Waals surface area contributed by atoms with Crippen molar-refractivity contribution in [3.8, 4) is 0 Å². The summed E-state index contributed by atoms with van der Waals surface area (Å²) in [5, 5.41) is 0. The van der Waals surface area contributed by atoms with Gasteiger partial charge in [-0.15, -0.1) is 0 Å². The third-order valence-electron chi connectivity index (χ3n) is 3.93. The number of ketones is 1. The number of rotatable bonds is 5. The molecule has 20 heavy (non-hydrogen) atoms. The highest BCUT2D eigenvalue weighted by Gasteiger charge is 2.24. The number of benzene rings is 1. The zero-order chi connectivity index (χ0) is 14.5. The van der Waals surface area contributed by atoms with Gasteiger partial charge >= 0.3 is 0 Å². The molecule has 3 heteroatoms. The minimum Gasteiger partial charge on any atom is -0.370 e. The largest absolute Gasteiger partial charge is 0.370 e. The Morgan fingerprint density at radius 3 is 2.35 bits per heavy atom. The summed E-state index contributed by atoms with van der Waals surface area (Å²) in [6.07, 6.45) is 3.88. The molecule has 2 atom stereocenters. The summed E-state index contributed by atoms with van der Waals surface area (Å²) >= 11 is 0. The summed E-state index contributed by atoms with van der Waals surface area (Å²) in [5.41, 5.74) is 0.838. The van der Waals surface area contributed by atoms with Crippen molar-refractivity contribution in [2.45, 2.75) is 45.6 Å². The van der Waals surface area contributed by atoms with Gasteiger partial charge in [-0.2, -0.15) is 0 Å². The van der Waals surface area contributed by atoms with E-state index in [1.165, 1.54) is 18.6 Å². The lowest BCUT2D eigenvalue weighted by Crippen LogP contribution is -2.28. The zero-order valence-corrected chi connectivity index (χ0v) is 12.3. The average molecular weight is 278 g/mol. The molecule has 1 fully saturated rings. The van der Waals surface area contributed by atoms with E-state index in [2.05, 4.69) is 13.8 Å². The molecule has 110 valence electrons. The van der Waals surface area contributed by atoms with Crippen molar-refractivity contribution in [3.05, 3.63) is 35.6 Å². The van der Waals surface area contributed by atoms with Gasteiger partial charge in [-0.3, -0.25) is 4.79 Å². The van der Waals surface area contributed by atoms with E-state index in [0.29, 0.717) is 18.3 Å². The Bertz CT molecular complexity index is 431. The second kappa shape index (κ2) is 6.98. The van der Waals surface area contributed by atoms with Crippen molar-refractivity contribution in [2.75, 3.05) is 6.61 Å². The Labute approximate surface area is 120 Å². The van der Waals surface area contributed by atoms with E-state index in [4.69, 9.17) is 4.74 Å². The molecule has 0 aliphatic heterocycles. The fourth-order valence-corrected chi connectivity index (χ4v) is 3.10. The molecular weight excluding hydrogens is 255 g/mol. The predicted octanol–water partition coefficient (Wildman–Crippen LogP) is 3.78. The molecule has 0 spiro atoms. The molecule has 0 N–H and O–H groups in total. The standard InChI is InChI=1S/C17H23FO2/c1-12-7-13(2)9-17(8-12)20-11-16(19)10-14-3-5-15(18)6-4-14/h3-6,12-13,17H,7-11H2,1-2H3. The van der Waals surface area contributed by atoms with Crippen LogP contribution in [0.25, 0.3) is 0 Å². The van der Waals surface area contributed by atoms with Crippen LogP contribution in [0.5, 0.6) is 0 Å². The van der Waals surface area contributed by atoms with Gasteiger partial charge in [0.1, 0.15) is 12.4 Å². The van der Waals surface area contributed by atoms with Crippen LogP contribution in [-0.4, -0.2) is 18.5 Å². The molecule has 0 aromatic heterocycles. The minimum atomic E-state index is -0.275. The first-order chi connectivity index (χ1) is 9.52. The summed E-state index contributed by atoms with van der Waals surface area (Å²) < 4.78 is 18.5. The number of hydrogen-bond acceptors (Lipinski definition) is 2. The highest BCUT2D eigenvalue weighted by atomic mass is 19.1. The molecule has 2 rings (SSSR count). The first-order valence-electron chi connectivity index (χ1n) is 7.40. The number of carbonyl (C=O) groups is 1. The normalized spacial score (nSPS) is 26.4. The van der Waals surface area contributed by atoms with Gasteiger partial charge in [0, 0.05) is 6.42 Å². The zero-order valence-electron chi connectivity index (χ0n) is 12.3. The van der Waals surface area contributed by atoms with Crippen LogP contribution in [0, 0.1) is 17.7 Å². The van der Waals surface area contributed by atoms with E-state index in [9.17, 15) is 9.18 Å². The maximum atomic E-state index is 12.8. The molecule has 1 aromatic carbocycles. The van der Waals surface area contributed by atoms with Gasteiger partial charge in [-0.1, -0.05) is 26.0 Å². The van der Waals surface area contributed by atoms with Crippen molar-refractivity contribution in [2.24, 2.45) is 11.8 Å². The highest BCUT2D eigenvalue weighted by molar-refractivity contribution is 5.82. The molecule has 1 aliphatic carbocycles. The smallest absolute Gasteiger partial charge is 0.162 e. The van der Waals surface area contributed by atoms with Gasteiger partial charge < -0.3 is 4.74 Å². The molecule has 0 radical (unpaired) electrons. The van der Waals surface area contributed by atoms with Crippen molar-refractivity contribution < 1.29 is 13.9 Å². The summed E-state index contributed by atoms with van der Waals surface area (Å²) in [4.78, 5) is 11.9. The molecule has 1 saturated carbocycles. The Morgan fingerprint density at radius 2 is 1.75 bits per heavy atom. The predicted molar refractivity (Wildman–Crippen MR) is 77.0 cm³/mol. The number of carbonyl (C=O) groups excluding carboxylic acids is 1. The Morgan fingerprint density at radius 1 is 1.15 bits per heavy atom. The van der Waals surface area contributed by atoms with E-state index < -0.39 is 0 Å². The lowest BCUT2D eigenvalue weighted by Gasteiger charge is -2.31. The number of Topliss-reactive ketones (excluding diaryl/α,β-unsaturated/α-hetero) is 1. The molecule has 1 aliphatic rings. The molecule has 0 bridgehead atoms. The molecule has 2 nitrogen and oxygen atoms in total. The topological polar surface area (TPSA) is 26.3 Å². The van der Waals surface area contributed by atoms with Crippen LogP contribution in [0.4, 0.5) is 4.39 Å². The monoisotopic (exact) mass is 278 g/mol. The van der Waals surface area contributed by atoms with Gasteiger partial charge in [0.15, 0.2) is 5.78 Å². The quantitative estimate of drug-likeness (QED) is 0.819. The minimum absolute atomic E-state index is 0.0579. The van der Waals surface area contributed by atoms with E-state index in [1.807, 2.05) is 0 Å². The van der Waals surface area contributed by atoms with Crippen LogP contribution in [-0.2, 0) is 16.0 Å². The number of halogens is 1.